The summed E-state index contributed by atoms with van der Waals surface area (Å²) in [6.07, 6.45) is 5.58. The molecule has 0 unspecified atom stereocenters. The van der Waals surface area contributed by atoms with Gasteiger partial charge in [-0.05, 0) is 23.3 Å². The molecule has 0 spiro atoms. The summed E-state index contributed by atoms with van der Waals surface area (Å²) < 4.78 is 61.6. The summed E-state index contributed by atoms with van der Waals surface area (Å²) in [7, 11) is -10.7. The van der Waals surface area contributed by atoms with Crippen LogP contribution in [0, 0.1) is 0 Å². The zero-order chi connectivity index (χ0) is 24.9. The molecule has 2 heterocycles. The number of aryl methyl sites for hydroxylation is 2. The number of aromatic nitrogens is 3. The Morgan fingerprint density at radius 1 is 0.794 bits per heavy atom. The van der Waals surface area contributed by atoms with Crippen molar-refractivity contribution in [2.24, 2.45) is 0 Å². The van der Waals surface area contributed by atoms with Gasteiger partial charge in [-0.15, -0.1) is 0 Å². The van der Waals surface area contributed by atoms with E-state index < -0.39 is 7.81 Å². The van der Waals surface area contributed by atoms with E-state index in [4.69, 9.17) is 0 Å². The third-order valence-electron chi connectivity index (χ3n) is 4.95. The molecule has 0 saturated carbocycles. The molecule has 0 amide bonds. The van der Waals surface area contributed by atoms with Gasteiger partial charge in [0, 0.05) is 42.4 Å². The molecular weight excluding hydrogens is 475 g/mol. The first-order valence-corrected chi connectivity index (χ1v) is 12.5. The first-order chi connectivity index (χ1) is 15.8. The Labute approximate surface area is 193 Å². The second-order valence-electron chi connectivity index (χ2n) is 7.64. The summed E-state index contributed by atoms with van der Waals surface area (Å²) in [4.78, 5) is 7.36. The fraction of sp³-hybridized carbons (Fsp3) is 0.167. The van der Waals surface area contributed by atoms with Crippen LogP contribution in [-0.2, 0) is 19.4 Å². The van der Waals surface area contributed by atoms with Gasteiger partial charge >= 0.3 is 33.0 Å². The van der Waals surface area contributed by atoms with Gasteiger partial charge in [0.2, 0.25) is 5.69 Å². The zero-order valence-corrected chi connectivity index (χ0v) is 19.2. The normalized spacial score (nSPS) is 13.4. The van der Waals surface area contributed by atoms with E-state index >= 15 is 0 Å². The number of rotatable bonds is 6. The Morgan fingerprint density at radius 2 is 1.35 bits per heavy atom. The topological polar surface area (TPSA) is 32.6 Å². The number of nitrogens with one attached hydrogen (secondary N) is 1. The number of hydrogen-bond acceptors (Lipinski definition) is 1. The van der Waals surface area contributed by atoms with Crippen molar-refractivity contribution in [2.75, 3.05) is 0 Å². The van der Waals surface area contributed by atoms with Gasteiger partial charge in [0.15, 0.2) is 12.2 Å². The quantitative estimate of drug-likeness (QED) is 0.162. The number of aromatic amines is 1. The zero-order valence-electron chi connectivity index (χ0n) is 18.3. The first-order valence-electron chi connectivity index (χ1n) is 10.5. The molecule has 0 radical (unpaired) electrons. The van der Waals surface area contributed by atoms with Gasteiger partial charge in [-0.25, -0.2) is 4.98 Å². The molecule has 2 aromatic heterocycles. The van der Waals surface area contributed by atoms with Crippen LogP contribution in [0.4, 0.5) is 25.2 Å². The van der Waals surface area contributed by atoms with E-state index in [9.17, 15) is 25.2 Å². The molecule has 2 aromatic carbocycles. The molecule has 4 rings (SSSR count). The van der Waals surface area contributed by atoms with E-state index in [0.29, 0.717) is 0 Å². The van der Waals surface area contributed by atoms with Crippen molar-refractivity contribution >= 4 is 7.81 Å². The second-order valence-corrected chi connectivity index (χ2v) is 9.56. The van der Waals surface area contributed by atoms with E-state index in [2.05, 4.69) is 94.3 Å². The van der Waals surface area contributed by atoms with E-state index in [0.717, 1.165) is 25.1 Å². The predicted octanol–water partition coefficient (Wildman–Crippen LogP) is 8.22. The second kappa shape index (κ2) is 9.22. The average Bonchev–Trinajstić information content (AvgIpc) is 3.30. The molecule has 0 bridgehead atoms. The number of halogens is 6. The maximum absolute atomic E-state index is 10.7. The van der Waals surface area contributed by atoms with Gasteiger partial charge < -0.3 is 4.98 Å². The summed E-state index contributed by atoms with van der Waals surface area (Å²) in [5, 5.41) is 0. The third kappa shape index (κ3) is 8.63. The Hall–Kier alpha value is -3.19. The van der Waals surface area contributed by atoms with Crippen molar-refractivity contribution in [1.82, 2.24) is 9.97 Å². The van der Waals surface area contributed by atoms with E-state index in [1.165, 1.54) is 28.1 Å². The number of hydrogen-bond donors (Lipinski definition) is 1. The Balaban J connectivity index is 0.000000406. The van der Waals surface area contributed by atoms with Crippen LogP contribution in [0.5, 0.6) is 0 Å². The molecule has 4 aromatic rings. The van der Waals surface area contributed by atoms with E-state index in [1.807, 2.05) is 6.20 Å². The van der Waals surface area contributed by atoms with Crippen molar-refractivity contribution in [3.8, 4) is 22.4 Å². The van der Waals surface area contributed by atoms with Gasteiger partial charge in [0.05, 0.1) is 6.33 Å². The fourth-order valence-electron chi connectivity index (χ4n) is 3.54. The monoisotopic (exact) mass is 499 g/mol. The van der Waals surface area contributed by atoms with Crippen LogP contribution in [0.25, 0.3) is 22.4 Å². The van der Waals surface area contributed by atoms with Crippen LogP contribution in [0.3, 0.4) is 0 Å². The number of nitrogens with zero attached hydrogens (tertiary/aromatic N) is 2. The van der Waals surface area contributed by atoms with Crippen LogP contribution in [0.15, 0.2) is 85.3 Å². The molecule has 0 atom stereocenters. The molecule has 0 aliphatic rings. The maximum atomic E-state index is 9.87. The van der Waals surface area contributed by atoms with Crippen LogP contribution in [0.2, 0.25) is 0 Å². The Kier molecular flexibility index (Phi) is 6.90. The van der Waals surface area contributed by atoms with Crippen molar-refractivity contribution in [1.29, 1.82) is 0 Å². The number of pyridine rings is 1. The van der Waals surface area contributed by atoms with Crippen molar-refractivity contribution < 1.29 is 29.7 Å². The van der Waals surface area contributed by atoms with Gasteiger partial charge in [-0.3, -0.25) is 0 Å². The summed E-state index contributed by atoms with van der Waals surface area (Å²) >= 11 is 0. The van der Waals surface area contributed by atoms with Crippen LogP contribution < -0.4 is 4.57 Å². The van der Waals surface area contributed by atoms with Crippen molar-refractivity contribution in [2.45, 2.75) is 26.3 Å². The molecule has 0 aliphatic heterocycles. The molecule has 10 heteroatoms. The molecule has 0 aliphatic carbocycles. The summed E-state index contributed by atoms with van der Waals surface area (Å²) in [5.41, 5.74) is 7.53. The molecule has 1 N–H and O–H groups in total. The summed E-state index contributed by atoms with van der Waals surface area (Å²) in [6, 6.07) is 25.9. The molecule has 34 heavy (non-hydrogen) atoms. The molecule has 3 nitrogen and oxygen atoms in total. The SMILES string of the molecule is CCc1cc(-c2ccccc2)cc(-c2ccccc2)[n+]1CCc1cnc[nH]1.F[P-](F)(F)(F)(F)F. The van der Waals surface area contributed by atoms with Gasteiger partial charge in [-0.1, -0.05) is 55.5 Å². The van der Waals surface area contributed by atoms with Crippen LogP contribution >= 0.6 is 7.81 Å². The molecular formula is C24H24F6N3P. The summed E-state index contributed by atoms with van der Waals surface area (Å²) in [5.74, 6) is 0. The van der Waals surface area contributed by atoms with Gasteiger partial charge in [0.1, 0.15) is 0 Å². The predicted molar refractivity (Wildman–Crippen MR) is 123 cm³/mol. The fourth-order valence-corrected chi connectivity index (χ4v) is 3.54. The minimum absolute atomic E-state index is 0.921. The van der Waals surface area contributed by atoms with E-state index in [1.54, 1.807) is 6.33 Å². The van der Waals surface area contributed by atoms with E-state index in [-0.39, 0.29) is 0 Å². The molecule has 182 valence electrons. The van der Waals surface area contributed by atoms with Crippen molar-refractivity contribution in [3.05, 3.63) is 96.7 Å². The number of H-pyrrole nitrogens is 1. The molecule has 0 fully saturated rings. The number of benzene rings is 2. The van der Waals surface area contributed by atoms with Gasteiger partial charge in [-0.2, -0.15) is 4.57 Å². The Morgan fingerprint density at radius 3 is 1.85 bits per heavy atom. The summed E-state index contributed by atoms with van der Waals surface area (Å²) in [6.45, 7) is 3.15. The van der Waals surface area contributed by atoms with Crippen LogP contribution in [-0.4, -0.2) is 9.97 Å². The first kappa shape index (κ1) is 25.4. The van der Waals surface area contributed by atoms with Crippen molar-refractivity contribution in [3.63, 3.8) is 0 Å². The minimum atomic E-state index is -10.7. The Bertz CT molecular complexity index is 1200. The van der Waals surface area contributed by atoms with Crippen LogP contribution in [0.1, 0.15) is 18.3 Å². The average molecular weight is 499 g/mol. The van der Waals surface area contributed by atoms with Gasteiger partial charge in [0.25, 0.3) is 0 Å². The third-order valence-corrected chi connectivity index (χ3v) is 4.95. The standard InChI is InChI=1S/C24H24N3.F6P/c1-2-23-15-21(19-9-5-3-6-10-19)16-24(20-11-7-4-8-12-20)27(23)14-13-22-17-25-18-26-22;1-7(2,3,4,5)6/h3-12,15-18H,2,13-14H2,1H3,(H,25,26);/q+1;-1. The number of imidazole rings is 1. The molecule has 0 saturated heterocycles.